The van der Waals surface area contributed by atoms with Gasteiger partial charge in [0.1, 0.15) is 0 Å². The molecule has 3 rings (SSSR count). The van der Waals surface area contributed by atoms with Gasteiger partial charge in [0.25, 0.3) is 5.56 Å². The number of benzene rings is 2. The lowest BCUT2D eigenvalue weighted by Gasteiger charge is -2.15. The number of hydrogen-bond acceptors (Lipinski definition) is 4. The Balaban J connectivity index is 1.95. The van der Waals surface area contributed by atoms with Gasteiger partial charge in [-0.05, 0) is 26.0 Å². The van der Waals surface area contributed by atoms with Crippen molar-refractivity contribution in [3.8, 4) is 0 Å². The Morgan fingerprint density at radius 3 is 2.46 bits per heavy atom. The molecule has 4 nitrogen and oxygen atoms in total. The Bertz CT molecular complexity index is 933. The maximum absolute atomic E-state index is 12.7. The molecule has 1 aromatic heterocycles. The summed E-state index contributed by atoms with van der Waals surface area (Å²) in [6.07, 6.45) is 0. The van der Waals surface area contributed by atoms with Crippen LogP contribution in [-0.4, -0.2) is 21.1 Å². The molecule has 2 aromatic carbocycles. The number of thioether (sulfide) groups is 1. The highest BCUT2D eigenvalue weighted by atomic mass is 32.2. The summed E-state index contributed by atoms with van der Waals surface area (Å²) in [5.74, 6) is 0.278. The lowest BCUT2D eigenvalue weighted by Crippen LogP contribution is -2.25. The molecule has 0 spiro atoms. The van der Waals surface area contributed by atoms with Crippen LogP contribution in [0.15, 0.2) is 64.5 Å². The van der Waals surface area contributed by atoms with E-state index >= 15 is 0 Å². The number of fused-ring (bicyclic) bond motifs is 1. The van der Waals surface area contributed by atoms with E-state index in [1.165, 1.54) is 11.8 Å². The normalized spacial score (nSPS) is 11.1. The van der Waals surface area contributed by atoms with E-state index in [-0.39, 0.29) is 23.1 Å². The highest BCUT2D eigenvalue weighted by Gasteiger charge is 2.15. The van der Waals surface area contributed by atoms with Crippen LogP contribution in [0.5, 0.6) is 0 Å². The zero-order valence-electron chi connectivity index (χ0n) is 13.6. The monoisotopic (exact) mass is 338 g/mol. The quantitative estimate of drug-likeness (QED) is 0.401. The van der Waals surface area contributed by atoms with Gasteiger partial charge in [-0.15, -0.1) is 0 Å². The Kier molecular flexibility index (Phi) is 4.81. The molecule has 5 heteroatoms. The van der Waals surface area contributed by atoms with E-state index < -0.39 is 0 Å². The molecule has 0 N–H and O–H groups in total. The fourth-order valence-corrected chi connectivity index (χ4v) is 3.54. The van der Waals surface area contributed by atoms with Crippen molar-refractivity contribution in [2.24, 2.45) is 0 Å². The van der Waals surface area contributed by atoms with Gasteiger partial charge >= 0.3 is 0 Å². The molecule has 0 bridgehead atoms. The SMILES string of the molecule is CC(C)n1c(SCC(=O)c2ccccc2)nc2ccccc2c1=O. The molecule has 0 unspecified atom stereocenters. The van der Waals surface area contributed by atoms with Gasteiger partial charge in [-0.1, -0.05) is 54.2 Å². The smallest absolute Gasteiger partial charge is 0.262 e. The largest absolute Gasteiger partial charge is 0.293 e. The highest BCUT2D eigenvalue weighted by Crippen LogP contribution is 2.21. The second-order valence-corrected chi connectivity index (χ2v) is 6.70. The first-order valence-electron chi connectivity index (χ1n) is 7.80. The molecule has 3 aromatic rings. The maximum atomic E-state index is 12.7. The first-order chi connectivity index (χ1) is 11.6. The highest BCUT2D eigenvalue weighted by molar-refractivity contribution is 7.99. The van der Waals surface area contributed by atoms with Gasteiger partial charge in [0, 0.05) is 11.6 Å². The van der Waals surface area contributed by atoms with Crippen molar-refractivity contribution in [2.75, 3.05) is 5.75 Å². The van der Waals surface area contributed by atoms with Crippen LogP contribution in [-0.2, 0) is 0 Å². The van der Waals surface area contributed by atoms with E-state index in [9.17, 15) is 9.59 Å². The Labute approximate surface area is 144 Å². The van der Waals surface area contributed by atoms with Gasteiger partial charge < -0.3 is 0 Å². The molecule has 122 valence electrons. The molecule has 0 atom stereocenters. The summed E-state index contributed by atoms with van der Waals surface area (Å²) in [6, 6.07) is 16.4. The van der Waals surface area contributed by atoms with Gasteiger partial charge in [0.2, 0.25) is 0 Å². The third-order valence-corrected chi connectivity index (χ3v) is 4.67. The molecule has 0 amide bonds. The Morgan fingerprint density at radius 1 is 1.08 bits per heavy atom. The van der Waals surface area contributed by atoms with Crippen molar-refractivity contribution in [3.05, 3.63) is 70.5 Å². The lowest BCUT2D eigenvalue weighted by atomic mass is 10.2. The van der Waals surface area contributed by atoms with Crippen molar-refractivity contribution in [1.29, 1.82) is 0 Å². The van der Waals surface area contributed by atoms with Crippen molar-refractivity contribution < 1.29 is 4.79 Å². The molecule has 0 fully saturated rings. The number of ketones is 1. The third kappa shape index (κ3) is 3.26. The molecule has 0 radical (unpaired) electrons. The van der Waals surface area contributed by atoms with Gasteiger partial charge in [-0.25, -0.2) is 4.98 Å². The summed E-state index contributed by atoms with van der Waals surface area (Å²) in [7, 11) is 0. The average Bonchev–Trinajstić information content (AvgIpc) is 2.60. The van der Waals surface area contributed by atoms with E-state index in [0.717, 1.165) is 0 Å². The van der Waals surface area contributed by atoms with E-state index in [2.05, 4.69) is 4.98 Å². The number of carbonyl (C=O) groups excluding carboxylic acids is 1. The number of rotatable bonds is 5. The summed E-state index contributed by atoms with van der Waals surface area (Å²) < 4.78 is 1.66. The summed E-state index contributed by atoms with van der Waals surface area (Å²) >= 11 is 1.31. The topological polar surface area (TPSA) is 52.0 Å². The predicted molar refractivity (Wildman–Crippen MR) is 97.9 cm³/mol. The standard InChI is InChI=1S/C19H18N2O2S/c1-13(2)21-18(23)15-10-6-7-11-16(15)20-19(21)24-12-17(22)14-8-4-3-5-9-14/h3-11,13H,12H2,1-2H3. The second kappa shape index (κ2) is 7.01. The van der Waals surface area contributed by atoms with Crippen molar-refractivity contribution >= 4 is 28.4 Å². The van der Waals surface area contributed by atoms with Crippen LogP contribution in [0, 0.1) is 0 Å². The molecule has 0 aliphatic carbocycles. The number of Topliss-reactive ketones (excluding diaryl/α,β-unsaturated/α-hetero) is 1. The van der Waals surface area contributed by atoms with Crippen LogP contribution in [0.25, 0.3) is 10.9 Å². The van der Waals surface area contributed by atoms with Crippen LogP contribution in [0.2, 0.25) is 0 Å². The van der Waals surface area contributed by atoms with Gasteiger partial charge in [-0.3, -0.25) is 14.2 Å². The van der Waals surface area contributed by atoms with Crippen molar-refractivity contribution in [1.82, 2.24) is 9.55 Å². The Morgan fingerprint density at radius 2 is 1.75 bits per heavy atom. The van der Waals surface area contributed by atoms with Crippen LogP contribution in [0.4, 0.5) is 0 Å². The molecular weight excluding hydrogens is 320 g/mol. The Hall–Kier alpha value is -2.40. The first-order valence-corrected chi connectivity index (χ1v) is 8.79. The number of carbonyl (C=O) groups is 1. The van der Waals surface area contributed by atoms with Crippen LogP contribution >= 0.6 is 11.8 Å². The van der Waals surface area contributed by atoms with Crippen LogP contribution in [0.3, 0.4) is 0 Å². The zero-order chi connectivity index (χ0) is 17.1. The van der Waals surface area contributed by atoms with E-state index in [4.69, 9.17) is 0 Å². The molecule has 0 saturated carbocycles. The van der Waals surface area contributed by atoms with Crippen molar-refractivity contribution in [3.63, 3.8) is 0 Å². The number of nitrogens with zero attached hydrogens (tertiary/aromatic N) is 2. The summed E-state index contributed by atoms with van der Waals surface area (Å²) in [5.41, 5.74) is 1.27. The molecule has 0 aliphatic heterocycles. The van der Waals surface area contributed by atoms with E-state index in [1.54, 1.807) is 22.8 Å². The molecular formula is C19H18N2O2S. The second-order valence-electron chi connectivity index (χ2n) is 5.76. The van der Waals surface area contributed by atoms with Gasteiger partial charge in [0.05, 0.1) is 16.7 Å². The minimum Gasteiger partial charge on any atom is -0.293 e. The fraction of sp³-hybridized carbons (Fsp3) is 0.211. The molecule has 0 saturated heterocycles. The number of para-hydroxylation sites is 1. The zero-order valence-corrected chi connectivity index (χ0v) is 14.4. The van der Waals surface area contributed by atoms with Crippen molar-refractivity contribution in [2.45, 2.75) is 25.0 Å². The average molecular weight is 338 g/mol. The van der Waals surface area contributed by atoms with Gasteiger partial charge in [-0.2, -0.15) is 0 Å². The molecule has 0 aliphatic rings. The van der Waals surface area contributed by atoms with Crippen LogP contribution < -0.4 is 5.56 Å². The molecule has 24 heavy (non-hydrogen) atoms. The minimum absolute atomic E-state index is 0.0241. The van der Waals surface area contributed by atoms with E-state index in [0.29, 0.717) is 21.6 Å². The summed E-state index contributed by atoms with van der Waals surface area (Å²) in [6.45, 7) is 3.89. The first kappa shape index (κ1) is 16.5. The molecule has 1 heterocycles. The number of hydrogen-bond donors (Lipinski definition) is 0. The summed E-state index contributed by atoms with van der Waals surface area (Å²) in [4.78, 5) is 29.6. The van der Waals surface area contributed by atoms with Crippen LogP contribution in [0.1, 0.15) is 30.2 Å². The van der Waals surface area contributed by atoms with Gasteiger partial charge in [0.15, 0.2) is 10.9 Å². The third-order valence-electron chi connectivity index (χ3n) is 3.72. The lowest BCUT2D eigenvalue weighted by molar-refractivity contribution is 0.102. The number of aromatic nitrogens is 2. The van der Waals surface area contributed by atoms with E-state index in [1.807, 2.05) is 50.2 Å². The maximum Gasteiger partial charge on any atom is 0.262 e. The summed E-state index contributed by atoms with van der Waals surface area (Å²) in [5, 5.41) is 1.18. The minimum atomic E-state index is -0.0646. The predicted octanol–water partition coefficient (Wildman–Crippen LogP) is 3.95. The fourth-order valence-electron chi connectivity index (χ4n) is 2.52.